The fourth-order valence-corrected chi connectivity index (χ4v) is 3.39. The third-order valence-corrected chi connectivity index (χ3v) is 4.44. The summed E-state index contributed by atoms with van der Waals surface area (Å²) in [4.78, 5) is 2.41. The molecule has 120 valence electrons. The van der Waals surface area contributed by atoms with Crippen LogP contribution in [0.4, 0.5) is 0 Å². The number of benzene rings is 2. The summed E-state index contributed by atoms with van der Waals surface area (Å²) in [7, 11) is 0. The van der Waals surface area contributed by atoms with E-state index in [-0.39, 0.29) is 6.04 Å². The number of hydrogen-bond donors (Lipinski definition) is 1. The van der Waals surface area contributed by atoms with Crippen molar-refractivity contribution in [3.05, 3.63) is 42.0 Å². The number of piperazine rings is 1. The molecular formula is C19H23N3O. The summed E-state index contributed by atoms with van der Waals surface area (Å²) in [5, 5.41) is 15.2. The van der Waals surface area contributed by atoms with E-state index < -0.39 is 0 Å². The minimum atomic E-state index is 0.0785. The van der Waals surface area contributed by atoms with Crippen molar-refractivity contribution in [2.24, 2.45) is 0 Å². The largest absolute Gasteiger partial charge is 0.494 e. The van der Waals surface area contributed by atoms with Gasteiger partial charge in [0.1, 0.15) is 5.75 Å². The van der Waals surface area contributed by atoms with E-state index in [4.69, 9.17) is 4.74 Å². The SMILES string of the molecule is CCOc1ccc2ccccc2c1[C@H](CC#N)N1CCNCC1. The van der Waals surface area contributed by atoms with Crippen molar-refractivity contribution < 1.29 is 4.74 Å². The molecule has 23 heavy (non-hydrogen) atoms. The summed E-state index contributed by atoms with van der Waals surface area (Å²) in [6.45, 7) is 6.49. The highest BCUT2D eigenvalue weighted by molar-refractivity contribution is 5.88. The molecule has 0 amide bonds. The molecule has 4 heteroatoms. The lowest BCUT2D eigenvalue weighted by Crippen LogP contribution is -2.45. The number of nitrogens with one attached hydrogen (secondary N) is 1. The van der Waals surface area contributed by atoms with Gasteiger partial charge in [-0.1, -0.05) is 30.3 Å². The zero-order valence-electron chi connectivity index (χ0n) is 13.6. The van der Waals surface area contributed by atoms with E-state index in [9.17, 15) is 5.26 Å². The molecule has 1 atom stereocenters. The van der Waals surface area contributed by atoms with E-state index in [1.807, 2.05) is 13.0 Å². The first-order chi connectivity index (χ1) is 11.3. The molecule has 1 N–H and O–H groups in total. The number of fused-ring (bicyclic) bond motifs is 1. The van der Waals surface area contributed by atoms with Crippen molar-refractivity contribution in [1.29, 1.82) is 5.26 Å². The minimum absolute atomic E-state index is 0.0785. The summed E-state index contributed by atoms with van der Waals surface area (Å²) < 4.78 is 5.91. The van der Waals surface area contributed by atoms with Gasteiger partial charge in [0.05, 0.1) is 25.1 Å². The van der Waals surface area contributed by atoms with Gasteiger partial charge in [-0.3, -0.25) is 4.90 Å². The molecule has 1 fully saturated rings. The lowest BCUT2D eigenvalue weighted by atomic mass is 9.94. The van der Waals surface area contributed by atoms with Crippen molar-refractivity contribution in [3.8, 4) is 11.8 Å². The van der Waals surface area contributed by atoms with Crippen LogP contribution in [0.2, 0.25) is 0 Å². The Labute approximate surface area is 137 Å². The van der Waals surface area contributed by atoms with E-state index in [1.54, 1.807) is 0 Å². The second-order valence-corrected chi connectivity index (χ2v) is 5.80. The number of nitriles is 1. The molecule has 2 aromatic carbocycles. The second kappa shape index (κ2) is 7.45. The molecule has 4 nitrogen and oxygen atoms in total. The van der Waals surface area contributed by atoms with Gasteiger partial charge in [0.15, 0.2) is 0 Å². The van der Waals surface area contributed by atoms with Crippen LogP contribution in [-0.2, 0) is 0 Å². The van der Waals surface area contributed by atoms with Crippen LogP contribution in [0.3, 0.4) is 0 Å². The summed E-state index contributed by atoms with van der Waals surface area (Å²) in [6, 6.07) is 15.0. The van der Waals surface area contributed by atoms with Crippen LogP contribution in [0.25, 0.3) is 10.8 Å². The molecule has 0 aliphatic carbocycles. The Morgan fingerprint density at radius 3 is 2.74 bits per heavy atom. The summed E-state index contributed by atoms with van der Waals surface area (Å²) >= 11 is 0. The fraction of sp³-hybridized carbons (Fsp3) is 0.421. The molecule has 1 aliphatic heterocycles. The topological polar surface area (TPSA) is 48.3 Å². The smallest absolute Gasteiger partial charge is 0.124 e. The number of rotatable bonds is 5. The van der Waals surface area contributed by atoms with Gasteiger partial charge in [-0.05, 0) is 23.8 Å². The molecule has 1 saturated heterocycles. The van der Waals surface area contributed by atoms with Crippen LogP contribution >= 0.6 is 0 Å². The lowest BCUT2D eigenvalue weighted by Gasteiger charge is -2.35. The third-order valence-electron chi connectivity index (χ3n) is 4.44. The highest BCUT2D eigenvalue weighted by Crippen LogP contribution is 2.37. The molecule has 3 rings (SSSR count). The monoisotopic (exact) mass is 309 g/mol. The van der Waals surface area contributed by atoms with Crippen molar-refractivity contribution >= 4 is 10.8 Å². The van der Waals surface area contributed by atoms with Crippen LogP contribution in [0.5, 0.6) is 5.75 Å². The van der Waals surface area contributed by atoms with Crippen molar-refractivity contribution in [2.75, 3.05) is 32.8 Å². The summed E-state index contributed by atoms with van der Waals surface area (Å²) in [6.07, 6.45) is 0.480. The lowest BCUT2D eigenvalue weighted by molar-refractivity contribution is 0.173. The number of ether oxygens (including phenoxy) is 1. The van der Waals surface area contributed by atoms with Gasteiger partial charge in [0.25, 0.3) is 0 Å². The zero-order valence-corrected chi connectivity index (χ0v) is 13.6. The molecule has 0 spiro atoms. The molecule has 0 saturated carbocycles. The van der Waals surface area contributed by atoms with Gasteiger partial charge in [-0.15, -0.1) is 0 Å². The predicted octanol–water partition coefficient (Wildman–Crippen LogP) is 3.10. The highest BCUT2D eigenvalue weighted by atomic mass is 16.5. The van der Waals surface area contributed by atoms with Gasteiger partial charge >= 0.3 is 0 Å². The third kappa shape index (κ3) is 3.31. The Balaban J connectivity index is 2.12. The van der Waals surface area contributed by atoms with Gasteiger partial charge in [-0.25, -0.2) is 0 Å². The molecule has 0 radical (unpaired) electrons. The quantitative estimate of drug-likeness (QED) is 0.922. The molecule has 0 aromatic heterocycles. The van der Waals surface area contributed by atoms with Gasteiger partial charge in [0.2, 0.25) is 0 Å². The second-order valence-electron chi connectivity index (χ2n) is 5.80. The maximum absolute atomic E-state index is 9.39. The Bertz CT molecular complexity index is 701. The van der Waals surface area contributed by atoms with E-state index in [2.05, 4.69) is 46.6 Å². The Morgan fingerprint density at radius 2 is 2.00 bits per heavy atom. The average Bonchev–Trinajstić information content (AvgIpc) is 2.61. The summed E-state index contributed by atoms with van der Waals surface area (Å²) in [5.74, 6) is 0.907. The van der Waals surface area contributed by atoms with Crippen LogP contribution in [0, 0.1) is 11.3 Å². The van der Waals surface area contributed by atoms with E-state index in [0.717, 1.165) is 37.5 Å². The first-order valence-corrected chi connectivity index (χ1v) is 8.31. The van der Waals surface area contributed by atoms with Gasteiger partial charge in [0, 0.05) is 31.7 Å². The Hall–Kier alpha value is -2.09. The van der Waals surface area contributed by atoms with Gasteiger partial charge in [-0.2, -0.15) is 5.26 Å². The Morgan fingerprint density at radius 1 is 1.22 bits per heavy atom. The minimum Gasteiger partial charge on any atom is -0.494 e. The molecule has 0 unspecified atom stereocenters. The zero-order chi connectivity index (χ0) is 16.1. The summed E-state index contributed by atoms with van der Waals surface area (Å²) in [5.41, 5.74) is 1.16. The average molecular weight is 309 g/mol. The molecule has 1 heterocycles. The Kier molecular flexibility index (Phi) is 5.12. The van der Waals surface area contributed by atoms with Crippen molar-refractivity contribution in [3.63, 3.8) is 0 Å². The van der Waals surface area contributed by atoms with E-state index >= 15 is 0 Å². The van der Waals surface area contributed by atoms with Crippen LogP contribution in [0.1, 0.15) is 24.9 Å². The van der Waals surface area contributed by atoms with Crippen LogP contribution in [-0.4, -0.2) is 37.7 Å². The van der Waals surface area contributed by atoms with Crippen LogP contribution in [0.15, 0.2) is 36.4 Å². The van der Waals surface area contributed by atoms with Crippen molar-refractivity contribution in [2.45, 2.75) is 19.4 Å². The van der Waals surface area contributed by atoms with Crippen molar-refractivity contribution in [1.82, 2.24) is 10.2 Å². The first-order valence-electron chi connectivity index (χ1n) is 8.31. The van der Waals surface area contributed by atoms with Crippen LogP contribution < -0.4 is 10.1 Å². The molecule has 2 aromatic rings. The maximum Gasteiger partial charge on any atom is 0.124 e. The normalized spacial score (nSPS) is 16.9. The molecule has 1 aliphatic rings. The standard InChI is InChI=1S/C19H23N3O/c1-2-23-18-8-7-15-5-3-4-6-16(15)19(18)17(9-10-20)22-13-11-21-12-14-22/h3-8,17,21H,2,9,11-14H2,1H3/t17-/m0/s1. The number of nitrogens with zero attached hydrogens (tertiary/aromatic N) is 2. The first kappa shape index (κ1) is 15.8. The maximum atomic E-state index is 9.39. The van der Waals surface area contributed by atoms with Gasteiger partial charge < -0.3 is 10.1 Å². The molecular weight excluding hydrogens is 286 g/mol. The van der Waals surface area contributed by atoms with E-state index in [1.165, 1.54) is 10.8 Å². The highest BCUT2D eigenvalue weighted by Gasteiger charge is 2.26. The predicted molar refractivity (Wildman–Crippen MR) is 92.5 cm³/mol. The van der Waals surface area contributed by atoms with E-state index in [0.29, 0.717) is 13.0 Å². The number of hydrogen-bond acceptors (Lipinski definition) is 4. The fourth-order valence-electron chi connectivity index (χ4n) is 3.39. The molecule has 0 bridgehead atoms.